The fourth-order valence-electron chi connectivity index (χ4n) is 5.17. The van der Waals surface area contributed by atoms with Gasteiger partial charge in [0, 0.05) is 41.1 Å². The zero-order valence-electron chi connectivity index (χ0n) is 46.9. The molecule has 5 aromatic rings. The summed E-state index contributed by atoms with van der Waals surface area (Å²) in [6, 6.07) is 27.6. The van der Waals surface area contributed by atoms with Gasteiger partial charge < -0.3 is 72.4 Å². The van der Waals surface area contributed by atoms with Crippen LogP contribution in [-0.4, -0.2) is 115 Å². The normalized spacial score (nSPS) is 9.24. The van der Waals surface area contributed by atoms with Crippen molar-refractivity contribution in [3.63, 3.8) is 0 Å². The number of methoxy groups -OCH3 is 6. The van der Waals surface area contributed by atoms with E-state index in [0.29, 0.717) is 64.7 Å². The van der Waals surface area contributed by atoms with Crippen LogP contribution in [0.5, 0.6) is 57.5 Å². The van der Waals surface area contributed by atoms with Gasteiger partial charge in [-0.3, -0.25) is 19.2 Å². The summed E-state index contributed by atoms with van der Waals surface area (Å²) in [6.45, 7) is 13.5. The molecule has 4 N–H and O–H groups in total. The third-order valence-corrected chi connectivity index (χ3v) is 9.77. The maximum atomic E-state index is 10.7. The standard InChI is InChI=1S/C9H13BO4.C9H9BrO3.C9H11BrO2.C9H14O3.C7H7BrO2.C7H8O2.C4H6O3.3CH4.BHNS/c1-3-14-9-6-7(10(11)12)4-5-8(9)13-2;1-6(11)13-9-5-7(10)3-4-8(9)12-2;1-3-12-9-6-7(10)4-5-8(9)11-2;1-5-6-9(11-4)7(2)12-8(3)10;1-10-7-3-2-5(8)4-6(7)9;1-9-7-5-3-2-4-6(7)8;1-3(5)7-4(2)6;;;;1-2-3/h4-6,11-12H,3H2,1-2H3;3-5H,1-2H3;4-6H,3H2,1-2H3;5-6H,1-4H3;2-4,9H,1H3;2-5,8H,1H3;1-2H3;3*1H4;3H/b;;;6-5-,9-7-;;;;;;;. The van der Waals surface area contributed by atoms with E-state index in [1.807, 2.05) is 51.1 Å². The molecule has 0 aliphatic rings. The molecule has 0 aliphatic carbocycles. The van der Waals surface area contributed by atoms with E-state index >= 15 is 0 Å². The monoisotopic (exact) mass is 1370 g/mol. The van der Waals surface area contributed by atoms with Crippen molar-refractivity contribution in [3.05, 3.63) is 134 Å². The van der Waals surface area contributed by atoms with Crippen LogP contribution in [0.3, 0.4) is 0 Å². The topological polar surface area (TPSA) is 263 Å². The molecule has 26 heteroatoms. The van der Waals surface area contributed by atoms with Crippen molar-refractivity contribution in [3.8, 4) is 57.5 Å². The van der Waals surface area contributed by atoms with Gasteiger partial charge in [-0.25, -0.2) is 0 Å². The minimum atomic E-state index is -1.49. The van der Waals surface area contributed by atoms with Crippen LogP contribution in [0.25, 0.3) is 0 Å². The summed E-state index contributed by atoms with van der Waals surface area (Å²) in [5.41, 5.74) is 0.384. The molecule has 0 atom stereocenters. The number of carbonyl (C=O) groups is 4. The Bertz CT molecular complexity index is 2670. The number of para-hydroxylation sites is 2. The Labute approximate surface area is 522 Å². The van der Waals surface area contributed by atoms with Gasteiger partial charge in [-0.2, -0.15) is 0 Å². The third kappa shape index (κ3) is 42.7. The molecular formula is C57H81B2Br3NO19S. The van der Waals surface area contributed by atoms with Gasteiger partial charge >= 0.3 is 55.7 Å². The number of thiol groups is 1. The minimum absolute atomic E-state index is 0. The number of esters is 4. The van der Waals surface area contributed by atoms with E-state index in [9.17, 15) is 19.2 Å². The molecule has 0 fully saturated rings. The van der Waals surface area contributed by atoms with Crippen LogP contribution < -0.4 is 43.4 Å². The second kappa shape index (κ2) is 53.3. The number of halogens is 3. The number of carbonyl (C=O) groups excluding carboxylic acids is 4. The zero-order chi connectivity index (χ0) is 61.8. The van der Waals surface area contributed by atoms with Gasteiger partial charge in [0.05, 0.1) is 55.9 Å². The predicted octanol–water partition coefficient (Wildman–Crippen LogP) is 12.8. The van der Waals surface area contributed by atoms with Gasteiger partial charge in [-0.15, -0.1) is 0 Å². The van der Waals surface area contributed by atoms with E-state index in [1.165, 1.54) is 63.2 Å². The molecule has 0 spiro atoms. The Hall–Kier alpha value is -6.70. The van der Waals surface area contributed by atoms with E-state index in [0.717, 1.165) is 24.9 Å². The SMILES string of the molecule is C.C.C.C/C=C\C(OC)=C(/C)OC(C)=O.CC(=O)OC(C)=O.CCOc1cc(B(O)O)ccc1OC.CCOc1cc(Br)ccc1OC.COc1ccc(Br)cc1O.COc1ccc(Br)cc1OC(C)=O.COc1ccccc1O.[B]=NS. The number of aromatic hydroxyl groups is 2. The molecule has 461 valence electrons. The number of benzene rings is 5. The summed E-state index contributed by atoms with van der Waals surface area (Å²) in [6.07, 6.45) is 3.55. The summed E-state index contributed by atoms with van der Waals surface area (Å²) >= 11 is 13.0. The van der Waals surface area contributed by atoms with Gasteiger partial charge in [0.15, 0.2) is 63.3 Å². The maximum absolute atomic E-state index is 10.7. The Morgan fingerprint density at radius 2 is 0.916 bits per heavy atom. The van der Waals surface area contributed by atoms with Crippen molar-refractivity contribution in [2.45, 2.75) is 77.7 Å². The zero-order valence-corrected chi connectivity index (χ0v) is 52.6. The molecule has 5 aromatic carbocycles. The van der Waals surface area contributed by atoms with Crippen LogP contribution in [-0.2, 0) is 33.4 Å². The molecule has 1 radical (unpaired) electrons. The molecule has 0 saturated carbocycles. The molecule has 5 rings (SSSR count). The van der Waals surface area contributed by atoms with Gasteiger partial charge in [0.1, 0.15) is 5.76 Å². The first-order valence-electron chi connectivity index (χ1n) is 23.1. The molecule has 0 bridgehead atoms. The molecule has 0 aromatic heterocycles. The van der Waals surface area contributed by atoms with E-state index < -0.39 is 19.1 Å². The number of hydrogen-bond donors (Lipinski definition) is 5. The van der Waals surface area contributed by atoms with Crippen LogP contribution in [0.4, 0.5) is 0 Å². The van der Waals surface area contributed by atoms with Crippen molar-refractivity contribution < 1.29 is 91.5 Å². The van der Waals surface area contributed by atoms with Crippen LogP contribution in [0.15, 0.2) is 138 Å². The van der Waals surface area contributed by atoms with E-state index in [2.05, 4.69) is 77.3 Å². The van der Waals surface area contributed by atoms with Crippen LogP contribution in [0.2, 0.25) is 0 Å². The first-order chi connectivity index (χ1) is 37.8. The average molecular weight is 1380 g/mol. The molecule has 20 nitrogen and oxygen atoms in total. The van der Waals surface area contributed by atoms with Gasteiger partial charge in [0.25, 0.3) is 0 Å². The number of allylic oxidation sites excluding steroid dienone is 3. The number of phenolic OH excluding ortho intramolecular Hbond substituents is 2. The van der Waals surface area contributed by atoms with E-state index in [4.69, 9.17) is 67.6 Å². The van der Waals surface area contributed by atoms with Crippen molar-refractivity contribution in [2.24, 2.45) is 4.30 Å². The Balaban J connectivity index is -0.000000207. The fraction of sp³-hybridized carbons (Fsp3) is 0.333. The summed E-state index contributed by atoms with van der Waals surface area (Å²) in [5, 5.41) is 36.0. The van der Waals surface area contributed by atoms with E-state index in [1.54, 1.807) is 92.9 Å². The fourth-order valence-corrected chi connectivity index (χ4v) is 6.20. The van der Waals surface area contributed by atoms with E-state index in [-0.39, 0.29) is 45.7 Å². The number of phenols is 2. The summed E-state index contributed by atoms with van der Waals surface area (Å²) in [7, 11) is 12.1. The van der Waals surface area contributed by atoms with Gasteiger partial charge in [0.2, 0.25) is 0 Å². The van der Waals surface area contributed by atoms with Crippen LogP contribution >= 0.6 is 60.6 Å². The predicted molar refractivity (Wildman–Crippen MR) is 341 cm³/mol. The van der Waals surface area contributed by atoms with Crippen molar-refractivity contribution >= 4 is 105 Å². The van der Waals surface area contributed by atoms with Crippen molar-refractivity contribution in [1.82, 2.24) is 0 Å². The van der Waals surface area contributed by atoms with Crippen molar-refractivity contribution in [2.75, 3.05) is 55.9 Å². The summed E-state index contributed by atoms with van der Waals surface area (Å²) in [5.74, 6) is 4.13. The second-order valence-corrected chi connectivity index (χ2v) is 17.2. The molecule has 0 saturated heterocycles. The van der Waals surface area contributed by atoms with Gasteiger partial charge in [-0.1, -0.05) is 94.3 Å². The molecule has 0 heterocycles. The second-order valence-electron chi connectivity index (χ2n) is 14.2. The van der Waals surface area contributed by atoms with Crippen molar-refractivity contribution in [1.29, 1.82) is 0 Å². The summed E-state index contributed by atoms with van der Waals surface area (Å²) in [4.78, 5) is 40.9. The first-order valence-corrected chi connectivity index (χ1v) is 25.9. The van der Waals surface area contributed by atoms with Crippen LogP contribution in [0, 0.1) is 0 Å². The Morgan fingerprint density at radius 3 is 1.25 bits per heavy atom. The average Bonchev–Trinajstić information content (AvgIpc) is 3.39. The molecule has 0 unspecified atom stereocenters. The number of nitrogens with zero attached hydrogens (tertiary/aromatic N) is 1. The number of hydrogen-bond acceptors (Lipinski definition) is 21. The molecule has 83 heavy (non-hydrogen) atoms. The number of ether oxygens (including phenoxy) is 11. The molecule has 0 amide bonds. The number of rotatable bonds is 14. The third-order valence-electron chi connectivity index (χ3n) is 8.29. The molecular weight excluding hydrogens is 1300 g/mol. The quantitative estimate of drug-likeness (QED) is 0.0132. The molecule has 0 aliphatic heterocycles. The van der Waals surface area contributed by atoms with Gasteiger partial charge in [-0.05, 0) is 118 Å². The Kier molecular flexibility index (Phi) is 56.2. The Morgan fingerprint density at radius 1 is 0.542 bits per heavy atom. The summed E-state index contributed by atoms with van der Waals surface area (Å²) < 4.78 is 59.5. The first kappa shape index (κ1) is 87.5. The van der Waals surface area contributed by atoms with Crippen LogP contribution in [0.1, 0.15) is 77.7 Å².